The second kappa shape index (κ2) is 9.43. The maximum atomic E-state index is 12.4. The maximum absolute atomic E-state index is 12.4. The first-order chi connectivity index (χ1) is 12.0. The van der Waals surface area contributed by atoms with Crippen molar-refractivity contribution >= 4 is 40.7 Å². The summed E-state index contributed by atoms with van der Waals surface area (Å²) < 4.78 is 10.9. The molecule has 6 nitrogen and oxygen atoms in total. The molecule has 0 unspecified atom stereocenters. The van der Waals surface area contributed by atoms with Crippen LogP contribution in [0.5, 0.6) is 5.75 Å². The number of nitrogens with zero attached hydrogens (tertiary/aromatic N) is 1. The summed E-state index contributed by atoms with van der Waals surface area (Å²) in [4.78, 5) is 28.2. The smallest absolute Gasteiger partial charge is 0.311 e. The van der Waals surface area contributed by atoms with Crippen LogP contribution in [0.1, 0.15) is 19.5 Å². The number of anilines is 1. The van der Waals surface area contributed by atoms with Crippen LogP contribution in [0.4, 0.5) is 5.69 Å². The van der Waals surface area contributed by atoms with Crippen molar-refractivity contribution in [1.82, 2.24) is 4.98 Å². The number of hydrogen-bond donors (Lipinski definition) is 1. The van der Waals surface area contributed by atoms with Crippen LogP contribution in [-0.4, -0.2) is 35.8 Å². The minimum Gasteiger partial charge on any atom is -0.495 e. The van der Waals surface area contributed by atoms with E-state index in [1.54, 1.807) is 26.2 Å². The highest BCUT2D eigenvalue weighted by atomic mass is 32.2. The number of thioether (sulfide) groups is 1. The molecule has 0 saturated carbocycles. The lowest BCUT2D eigenvalue weighted by Crippen LogP contribution is -2.22. The van der Waals surface area contributed by atoms with Gasteiger partial charge in [0.15, 0.2) is 4.34 Å². The van der Waals surface area contributed by atoms with Crippen molar-refractivity contribution in [1.29, 1.82) is 0 Å². The van der Waals surface area contributed by atoms with Gasteiger partial charge in [0.1, 0.15) is 5.75 Å². The van der Waals surface area contributed by atoms with Gasteiger partial charge in [-0.3, -0.25) is 9.59 Å². The molecule has 0 aliphatic carbocycles. The largest absolute Gasteiger partial charge is 0.495 e. The lowest BCUT2D eigenvalue weighted by Gasteiger charge is -2.13. The fourth-order valence-corrected chi connectivity index (χ4v) is 3.95. The lowest BCUT2D eigenvalue weighted by atomic mass is 10.3. The standard InChI is InChI=1S/C17H20N2O4S2/c1-4-23-15(20)9-12-10-24-17(18-12)25-11(2)16(21)19-13-7-5-6-8-14(13)22-3/h5-8,10-11H,4,9H2,1-3H3,(H,19,21)/t11-/m1/s1. The first kappa shape index (κ1) is 19.3. The van der Waals surface area contributed by atoms with Crippen LogP contribution < -0.4 is 10.1 Å². The van der Waals surface area contributed by atoms with Gasteiger partial charge in [0, 0.05) is 5.38 Å². The van der Waals surface area contributed by atoms with Crippen molar-refractivity contribution in [3.8, 4) is 5.75 Å². The molecule has 0 spiro atoms. The Morgan fingerprint density at radius 1 is 1.36 bits per heavy atom. The van der Waals surface area contributed by atoms with E-state index in [0.29, 0.717) is 23.7 Å². The quantitative estimate of drug-likeness (QED) is 0.559. The zero-order chi connectivity index (χ0) is 18.2. The molecule has 1 N–H and O–H groups in total. The van der Waals surface area contributed by atoms with Crippen molar-refractivity contribution in [2.24, 2.45) is 0 Å². The molecular formula is C17H20N2O4S2. The molecule has 8 heteroatoms. The van der Waals surface area contributed by atoms with Crippen LogP contribution >= 0.6 is 23.1 Å². The Bertz CT molecular complexity index is 733. The lowest BCUT2D eigenvalue weighted by molar-refractivity contribution is -0.142. The Morgan fingerprint density at radius 3 is 2.84 bits per heavy atom. The third kappa shape index (κ3) is 5.75. The summed E-state index contributed by atoms with van der Waals surface area (Å²) in [6.07, 6.45) is 0.146. The van der Waals surface area contributed by atoms with Gasteiger partial charge in [-0.15, -0.1) is 11.3 Å². The molecule has 1 amide bonds. The van der Waals surface area contributed by atoms with Crippen molar-refractivity contribution in [2.45, 2.75) is 29.9 Å². The molecule has 1 atom stereocenters. The van der Waals surface area contributed by atoms with Gasteiger partial charge in [-0.1, -0.05) is 23.9 Å². The molecule has 1 heterocycles. The van der Waals surface area contributed by atoms with E-state index in [0.717, 1.165) is 4.34 Å². The van der Waals surface area contributed by atoms with Crippen molar-refractivity contribution in [3.05, 3.63) is 35.3 Å². The number of hydrogen-bond acceptors (Lipinski definition) is 7. The molecule has 0 aliphatic heterocycles. The number of ether oxygens (including phenoxy) is 2. The van der Waals surface area contributed by atoms with E-state index in [2.05, 4.69) is 10.3 Å². The first-order valence-corrected chi connectivity index (χ1v) is 9.50. The first-order valence-electron chi connectivity index (χ1n) is 7.74. The maximum Gasteiger partial charge on any atom is 0.311 e. The summed E-state index contributed by atoms with van der Waals surface area (Å²) in [6, 6.07) is 7.25. The fraction of sp³-hybridized carbons (Fsp3) is 0.353. The van der Waals surface area contributed by atoms with Gasteiger partial charge in [0.2, 0.25) is 5.91 Å². The van der Waals surface area contributed by atoms with E-state index in [-0.39, 0.29) is 23.5 Å². The number of para-hydroxylation sites is 2. The third-order valence-electron chi connectivity index (χ3n) is 3.17. The number of benzene rings is 1. The normalized spacial score (nSPS) is 11.6. The van der Waals surface area contributed by atoms with Gasteiger partial charge in [-0.25, -0.2) is 4.98 Å². The van der Waals surface area contributed by atoms with Crippen LogP contribution in [0.15, 0.2) is 34.0 Å². The highest BCUT2D eigenvalue weighted by Gasteiger charge is 2.18. The fourth-order valence-electron chi connectivity index (χ4n) is 1.97. The van der Waals surface area contributed by atoms with Gasteiger partial charge >= 0.3 is 5.97 Å². The highest BCUT2D eigenvalue weighted by Crippen LogP contribution is 2.29. The molecule has 134 valence electrons. The number of esters is 1. The molecule has 25 heavy (non-hydrogen) atoms. The number of methoxy groups -OCH3 is 1. The Morgan fingerprint density at radius 2 is 2.12 bits per heavy atom. The summed E-state index contributed by atoms with van der Waals surface area (Å²) in [5, 5.41) is 4.32. The third-order valence-corrected chi connectivity index (χ3v) is 5.29. The predicted octanol–water partition coefficient (Wildman–Crippen LogP) is 3.38. The zero-order valence-electron chi connectivity index (χ0n) is 14.3. The number of carbonyl (C=O) groups is 2. The molecule has 1 aromatic heterocycles. The minimum atomic E-state index is -0.341. The molecule has 0 bridgehead atoms. The van der Waals surface area contributed by atoms with E-state index in [4.69, 9.17) is 9.47 Å². The monoisotopic (exact) mass is 380 g/mol. The van der Waals surface area contributed by atoms with Crippen molar-refractivity contribution in [3.63, 3.8) is 0 Å². The summed E-state index contributed by atoms with van der Waals surface area (Å²) in [5.74, 6) is 0.168. The van der Waals surface area contributed by atoms with Crippen LogP contribution in [0.2, 0.25) is 0 Å². The molecule has 2 rings (SSSR count). The van der Waals surface area contributed by atoms with Gasteiger partial charge in [-0.05, 0) is 26.0 Å². The molecule has 0 saturated heterocycles. The minimum absolute atomic E-state index is 0.142. The Labute approximate surface area is 154 Å². The average Bonchev–Trinajstić information content (AvgIpc) is 3.02. The summed E-state index contributed by atoms with van der Waals surface area (Å²) in [6.45, 7) is 3.93. The molecule has 2 aromatic rings. The number of carbonyl (C=O) groups excluding carboxylic acids is 2. The average molecular weight is 380 g/mol. The molecular weight excluding hydrogens is 360 g/mol. The van der Waals surface area contributed by atoms with E-state index in [1.807, 2.05) is 24.4 Å². The van der Waals surface area contributed by atoms with E-state index >= 15 is 0 Å². The number of aromatic nitrogens is 1. The Hall–Kier alpha value is -2.06. The van der Waals surface area contributed by atoms with E-state index < -0.39 is 0 Å². The second-order valence-corrected chi connectivity index (χ2v) is 7.48. The summed E-state index contributed by atoms with van der Waals surface area (Å²) in [7, 11) is 1.56. The van der Waals surface area contributed by atoms with E-state index in [9.17, 15) is 9.59 Å². The molecule has 1 aromatic carbocycles. The van der Waals surface area contributed by atoms with Gasteiger partial charge < -0.3 is 14.8 Å². The zero-order valence-corrected chi connectivity index (χ0v) is 15.9. The molecule has 0 fully saturated rings. The summed E-state index contributed by atoms with van der Waals surface area (Å²) >= 11 is 2.76. The Balaban J connectivity index is 1.93. The molecule has 0 radical (unpaired) electrons. The molecule has 0 aliphatic rings. The SMILES string of the molecule is CCOC(=O)Cc1csc(S[C@H](C)C(=O)Nc2ccccc2OC)n1. The van der Waals surface area contributed by atoms with Gasteiger partial charge in [0.05, 0.1) is 36.8 Å². The number of nitrogens with one attached hydrogen (secondary N) is 1. The van der Waals surface area contributed by atoms with Crippen LogP contribution in [0, 0.1) is 0 Å². The summed E-state index contributed by atoms with van der Waals surface area (Å²) in [5.41, 5.74) is 1.29. The highest BCUT2D eigenvalue weighted by molar-refractivity contribution is 8.02. The van der Waals surface area contributed by atoms with Crippen LogP contribution in [-0.2, 0) is 20.7 Å². The van der Waals surface area contributed by atoms with Crippen LogP contribution in [0.3, 0.4) is 0 Å². The second-order valence-electron chi connectivity index (χ2n) is 5.04. The predicted molar refractivity (Wildman–Crippen MR) is 99.4 cm³/mol. The van der Waals surface area contributed by atoms with E-state index in [1.165, 1.54) is 23.1 Å². The number of rotatable bonds is 8. The van der Waals surface area contributed by atoms with Gasteiger partial charge in [0.25, 0.3) is 0 Å². The Kier molecular flexibility index (Phi) is 7.27. The number of amides is 1. The topological polar surface area (TPSA) is 77.5 Å². The van der Waals surface area contributed by atoms with Crippen molar-refractivity contribution < 1.29 is 19.1 Å². The van der Waals surface area contributed by atoms with Gasteiger partial charge in [-0.2, -0.15) is 0 Å². The van der Waals surface area contributed by atoms with Crippen molar-refractivity contribution in [2.75, 3.05) is 19.0 Å². The van der Waals surface area contributed by atoms with Crippen LogP contribution in [0.25, 0.3) is 0 Å². The number of thiazole rings is 1.